The van der Waals surface area contributed by atoms with Crippen LogP contribution in [0.15, 0.2) is 53.7 Å². The highest BCUT2D eigenvalue weighted by atomic mass is 16.5. The van der Waals surface area contributed by atoms with Crippen molar-refractivity contribution in [1.29, 1.82) is 0 Å². The van der Waals surface area contributed by atoms with Gasteiger partial charge in [-0.2, -0.15) is 10.1 Å². The fourth-order valence-electron chi connectivity index (χ4n) is 5.98. The number of ether oxygens (including phenoxy) is 1. The first-order valence-corrected chi connectivity index (χ1v) is 10.4. The summed E-state index contributed by atoms with van der Waals surface area (Å²) in [5.74, 6) is 0.395. The number of fused-ring (bicyclic) bond motifs is 4. The Morgan fingerprint density at radius 3 is 2.41 bits per heavy atom. The van der Waals surface area contributed by atoms with Gasteiger partial charge in [0.05, 0.1) is 24.7 Å². The monoisotopic (exact) mass is 386 g/mol. The number of nitrogens with zero attached hydrogens (tertiary/aromatic N) is 2. The molecule has 2 saturated carbocycles. The largest absolute Gasteiger partial charge is 0.493 e. The Kier molecular flexibility index (Phi) is 3.38. The van der Waals surface area contributed by atoms with Crippen molar-refractivity contribution < 1.29 is 14.3 Å². The summed E-state index contributed by atoms with van der Waals surface area (Å²) in [4.78, 5) is 26.2. The number of benzene rings is 2. The van der Waals surface area contributed by atoms with E-state index in [9.17, 15) is 9.59 Å². The van der Waals surface area contributed by atoms with E-state index in [1.807, 2.05) is 43.3 Å². The maximum Gasteiger partial charge on any atom is 0.254 e. The first kappa shape index (κ1) is 17.0. The highest BCUT2D eigenvalue weighted by molar-refractivity contribution is 6.08. The lowest BCUT2D eigenvalue weighted by molar-refractivity contribution is -0.141. The quantitative estimate of drug-likeness (QED) is 0.457. The smallest absolute Gasteiger partial charge is 0.254 e. The number of hydrogen-bond acceptors (Lipinski definition) is 4. The predicted octanol–water partition coefficient (Wildman–Crippen LogP) is 3.77. The molecule has 4 atom stereocenters. The van der Waals surface area contributed by atoms with E-state index in [0.29, 0.717) is 12.4 Å². The summed E-state index contributed by atoms with van der Waals surface area (Å²) in [5, 5.41) is 7.57. The van der Waals surface area contributed by atoms with Crippen LogP contribution in [0.4, 0.5) is 0 Å². The second-order valence-electron chi connectivity index (χ2n) is 8.59. The first-order valence-electron chi connectivity index (χ1n) is 10.4. The minimum Gasteiger partial charge on any atom is -0.493 e. The van der Waals surface area contributed by atoms with E-state index >= 15 is 0 Å². The Bertz CT molecular complexity index is 1080. The zero-order valence-electron chi connectivity index (χ0n) is 16.2. The Balaban J connectivity index is 1.37. The van der Waals surface area contributed by atoms with E-state index < -0.39 is 0 Å². The van der Waals surface area contributed by atoms with Gasteiger partial charge in [-0.15, -0.1) is 0 Å². The van der Waals surface area contributed by atoms with Crippen molar-refractivity contribution in [2.24, 2.45) is 34.2 Å². The van der Waals surface area contributed by atoms with Gasteiger partial charge < -0.3 is 4.74 Å². The minimum absolute atomic E-state index is 0.141. The fraction of sp³-hybridized carbons (Fsp3) is 0.375. The van der Waals surface area contributed by atoms with Crippen LogP contribution in [-0.4, -0.2) is 29.6 Å². The molecule has 29 heavy (non-hydrogen) atoms. The molecule has 0 radical (unpaired) electrons. The number of imide groups is 1. The minimum atomic E-state index is -0.226. The normalized spacial score (nSPS) is 30.9. The van der Waals surface area contributed by atoms with Gasteiger partial charge in [0.2, 0.25) is 0 Å². The lowest BCUT2D eigenvalue weighted by Gasteiger charge is -2.19. The molecule has 0 aromatic heterocycles. The van der Waals surface area contributed by atoms with E-state index in [-0.39, 0.29) is 40.9 Å². The third-order valence-electron chi connectivity index (χ3n) is 7.36. The van der Waals surface area contributed by atoms with Gasteiger partial charge in [-0.1, -0.05) is 42.5 Å². The van der Waals surface area contributed by atoms with Gasteiger partial charge in [-0.05, 0) is 53.9 Å². The molecule has 2 aromatic carbocycles. The maximum atomic E-state index is 13.1. The molecule has 1 aliphatic heterocycles. The zero-order chi connectivity index (χ0) is 19.8. The summed E-state index contributed by atoms with van der Waals surface area (Å²) in [6, 6.07) is 11.9. The molecule has 4 aliphatic rings. The van der Waals surface area contributed by atoms with Gasteiger partial charge in [-0.25, -0.2) is 0 Å². The molecule has 2 bridgehead atoms. The van der Waals surface area contributed by atoms with Crippen LogP contribution in [0.2, 0.25) is 0 Å². The molecule has 0 N–H and O–H groups in total. The summed E-state index contributed by atoms with van der Waals surface area (Å²) in [5.41, 5.74) is 0.996. The number of allylic oxidation sites excluding steroid dienone is 2. The number of rotatable bonds is 4. The molecule has 1 heterocycles. The van der Waals surface area contributed by atoms with E-state index in [4.69, 9.17) is 4.74 Å². The standard InChI is InChI=1S/C24H22N2O3/c1-2-29-19-10-7-14-5-3-4-6-15(14)16(19)13-25-26-22(27)20-17-8-9-18(21(20)23(26)28)24(17)11-12-24/h3-10,13,17-18,20-21H,2,11-12H2,1H3/b25-13-/t17-,18-,20-,21+/m1/s1. The number of hydrogen-bond donors (Lipinski definition) is 0. The Hall–Kier alpha value is -2.95. The lowest BCUT2D eigenvalue weighted by Crippen LogP contribution is -2.30. The van der Waals surface area contributed by atoms with Crippen molar-refractivity contribution >= 4 is 28.8 Å². The van der Waals surface area contributed by atoms with Crippen molar-refractivity contribution in [2.45, 2.75) is 19.8 Å². The molecule has 3 aliphatic carbocycles. The van der Waals surface area contributed by atoms with Crippen molar-refractivity contribution in [3.8, 4) is 5.75 Å². The summed E-state index contributed by atoms with van der Waals surface area (Å²) < 4.78 is 5.78. The van der Waals surface area contributed by atoms with E-state index in [1.54, 1.807) is 6.21 Å². The first-order chi connectivity index (χ1) is 14.2. The average Bonchev–Trinajstić information content (AvgIpc) is 3.34. The Labute approximate surface area is 169 Å². The summed E-state index contributed by atoms with van der Waals surface area (Å²) in [6.45, 7) is 2.46. The summed E-state index contributed by atoms with van der Waals surface area (Å²) >= 11 is 0. The van der Waals surface area contributed by atoms with Gasteiger partial charge >= 0.3 is 0 Å². The van der Waals surface area contributed by atoms with Crippen molar-refractivity contribution in [3.63, 3.8) is 0 Å². The van der Waals surface area contributed by atoms with Crippen LogP contribution in [0.1, 0.15) is 25.3 Å². The molecular formula is C24H22N2O3. The van der Waals surface area contributed by atoms with Crippen LogP contribution in [0, 0.1) is 29.1 Å². The van der Waals surface area contributed by atoms with Gasteiger partial charge in [-0.3, -0.25) is 9.59 Å². The van der Waals surface area contributed by atoms with Crippen LogP contribution in [0.5, 0.6) is 5.75 Å². The topological polar surface area (TPSA) is 59.0 Å². The third kappa shape index (κ3) is 2.13. The lowest BCUT2D eigenvalue weighted by atomic mass is 9.85. The molecule has 5 heteroatoms. The fourth-order valence-corrected chi connectivity index (χ4v) is 5.98. The molecule has 2 aromatic rings. The number of hydrazone groups is 1. The molecular weight excluding hydrogens is 364 g/mol. The second kappa shape index (κ2) is 5.78. The van der Waals surface area contributed by atoms with Crippen LogP contribution in [0.25, 0.3) is 10.8 Å². The molecule has 3 fully saturated rings. The van der Waals surface area contributed by atoms with Gasteiger partial charge in [0.1, 0.15) is 5.75 Å². The molecule has 6 rings (SSSR count). The summed E-state index contributed by atoms with van der Waals surface area (Å²) in [6.07, 6.45) is 8.25. The highest BCUT2D eigenvalue weighted by Gasteiger charge is 2.73. The SMILES string of the molecule is CCOc1ccc2ccccc2c1/C=N\N1C(=O)[C@@H]2[C@H](C1=O)[C@H]1C=C[C@H]2C12CC2. The molecule has 1 spiro atoms. The Morgan fingerprint density at radius 1 is 1.07 bits per heavy atom. The van der Waals surface area contributed by atoms with Gasteiger partial charge in [0.15, 0.2) is 0 Å². The highest BCUT2D eigenvalue weighted by Crippen LogP contribution is 2.73. The Morgan fingerprint density at radius 2 is 1.76 bits per heavy atom. The predicted molar refractivity (Wildman–Crippen MR) is 109 cm³/mol. The van der Waals surface area contributed by atoms with Crippen LogP contribution in [-0.2, 0) is 9.59 Å². The van der Waals surface area contributed by atoms with Gasteiger partial charge in [0.25, 0.3) is 11.8 Å². The molecule has 146 valence electrons. The zero-order valence-corrected chi connectivity index (χ0v) is 16.2. The van der Waals surface area contributed by atoms with Crippen LogP contribution < -0.4 is 4.74 Å². The number of amides is 2. The number of carbonyl (C=O) groups excluding carboxylic acids is 2. The van der Waals surface area contributed by atoms with Gasteiger partial charge in [0, 0.05) is 5.56 Å². The van der Waals surface area contributed by atoms with Crippen molar-refractivity contribution in [2.75, 3.05) is 6.61 Å². The molecule has 5 nitrogen and oxygen atoms in total. The third-order valence-corrected chi connectivity index (χ3v) is 7.36. The van der Waals surface area contributed by atoms with E-state index in [0.717, 1.165) is 34.2 Å². The van der Waals surface area contributed by atoms with Crippen LogP contribution >= 0.6 is 0 Å². The molecule has 1 saturated heterocycles. The second-order valence-corrected chi connectivity index (χ2v) is 8.59. The molecule has 2 amide bonds. The van der Waals surface area contributed by atoms with Crippen molar-refractivity contribution in [3.05, 3.63) is 54.1 Å². The summed E-state index contributed by atoms with van der Waals surface area (Å²) in [7, 11) is 0. The van der Waals surface area contributed by atoms with E-state index in [1.165, 1.54) is 0 Å². The van der Waals surface area contributed by atoms with Crippen molar-refractivity contribution in [1.82, 2.24) is 5.01 Å². The number of carbonyl (C=O) groups is 2. The average molecular weight is 386 g/mol. The maximum absolute atomic E-state index is 13.1. The van der Waals surface area contributed by atoms with Crippen LogP contribution in [0.3, 0.4) is 0 Å². The molecule has 0 unspecified atom stereocenters. The van der Waals surface area contributed by atoms with E-state index in [2.05, 4.69) is 17.3 Å².